The Kier molecular flexibility index (Phi) is 4.61. The second-order valence-corrected chi connectivity index (χ2v) is 6.68. The number of fused-ring (bicyclic) bond motifs is 1. The first kappa shape index (κ1) is 14.6. The summed E-state index contributed by atoms with van der Waals surface area (Å²) >= 11 is 1.79. The molecule has 1 N–H and O–H groups in total. The summed E-state index contributed by atoms with van der Waals surface area (Å²) in [5.41, 5.74) is 3.02. The number of thioether (sulfide) groups is 1. The highest BCUT2D eigenvalue weighted by atomic mass is 32.2. The summed E-state index contributed by atoms with van der Waals surface area (Å²) in [5.74, 6) is 1.53. The van der Waals surface area contributed by atoms with E-state index in [4.69, 9.17) is 0 Å². The molecule has 1 aliphatic rings. The Hall–Kier alpha value is -1.32. The molecule has 3 heteroatoms. The summed E-state index contributed by atoms with van der Waals surface area (Å²) < 4.78 is 12.9. The van der Waals surface area contributed by atoms with E-state index in [1.54, 1.807) is 11.8 Å². The molecule has 0 aliphatic heterocycles. The van der Waals surface area contributed by atoms with Crippen LogP contribution in [0, 0.1) is 5.82 Å². The lowest BCUT2D eigenvalue weighted by molar-refractivity contribution is 0.468. The van der Waals surface area contributed by atoms with Crippen molar-refractivity contribution in [2.45, 2.75) is 29.7 Å². The molecule has 2 atom stereocenters. The normalized spacial score (nSPS) is 17.9. The Morgan fingerprint density at radius 2 is 1.95 bits per heavy atom. The van der Waals surface area contributed by atoms with Crippen LogP contribution >= 0.6 is 11.8 Å². The summed E-state index contributed by atoms with van der Waals surface area (Å²) in [4.78, 5) is 1.13. The zero-order chi connectivity index (χ0) is 14.7. The van der Waals surface area contributed by atoms with Crippen molar-refractivity contribution < 1.29 is 4.39 Å². The highest BCUT2D eigenvalue weighted by Crippen LogP contribution is 2.38. The molecule has 3 rings (SSSR count). The lowest BCUT2D eigenvalue weighted by atomic mass is 9.74. The Morgan fingerprint density at radius 1 is 1.19 bits per heavy atom. The molecule has 110 valence electrons. The molecule has 0 amide bonds. The first-order valence-corrected chi connectivity index (χ1v) is 8.38. The van der Waals surface area contributed by atoms with Crippen LogP contribution in [0.3, 0.4) is 0 Å². The number of hydrogen-bond donors (Lipinski definition) is 1. The van der Waals surface area contributed by atoms with Gasteiger partial charge in [0.1, 0.15) is 5.82 Å². The Bertz CT molecular complexity index is 596. The molecule has 0 spiro atoms. The maximum Gasteiger partial charge on any atom is 0.123 e. The molecule has 0 saturated heterocycles. The van der Waals surface area contributed by atoms with E-state index in [1.807, 2.05) is 19.2 Å². The van der Waals surface area contributed by atoms with Crippen molar-refractivity contribution in [3.63, 3.8) is 0 Å². The third kappa shape index (κ3) is 3.47. The molecular weight excluding hydrogens is 281 g/mol. The van der Waals surface area contributed by atoms with E-state index in [9.17, 15) is 4.39 Å². The van der Waals surface area contributed by atoms with Crippen molar-refractivity contribution in [1.29, 1.82) is 0 Å². The monoisotopic (exact) mass is 301 g/mol. The second kappa shape index (κ2) is 6.63. The highest BCUT2D eigenvalue weighted by molar-refractivity contribution is 7.99. The highest BCUT2D eigenvalue weighted by Gasteiger charge is 2.27. The van der Waals surface area contributed by atoms with Gasteiger partial charge in [-0.2, -0.15) is 0 Å². The maximum atomic E-state index is 12.9. The van der Waals surface area contributed by atoms with Crippen molar-refractivity contribution in [3.05, 3.63) is 65.5 Å². The van der Waals surface area contributed by atoms with E-state index in [1.165, 1.54) is 36.1 Å². The van der Waals surface area contributed by atoms with Gasteiger partial charge in [-0.25, -0.2) is 4.39 Å². The molecule has 0 radical (unpaired) electrons. The molecule has 2 aromatic rings. The van der Waals surface area contributed by atoms with E-state index in [2.05, 4.69) is 29.6 Å². The Morgan fingerprint density at radius 3 is 2.67 bits per heavy atom. The van der Waals surface area contributed by atoms with Crippen LogP contribution in [0.2, 0.25) is 0 Å². The molecule has 0 aromatic heterocycles. The molecule has 1 aliphatic carbocycles. The largest absolute Gasteiger partial charge is 0.316 e. The van der Waals surface area contributed by atoms with Crippen molar-refractivity contribution in [2.24, 2.45) is 0 Å². The van der Waals surface area contributed by atoms with Crippen LogP contribution in [0.5, 0.6) is 0 Å². The lowest BCUT2D eigenvalue weighted by Gasteiger charge is -2.33. The molecule has 0 saturated carbocycles. The van der Waals surface area contributed by atoms with Gasteiger partial charge in [0, 0.05) is 16.7 Å². The topological polar surface area (TPSA) is 12.0 Å². The van der Waals surface area contributed by atoms with Gasteiger partial charge < -0.3 is 5.32 Å². The predicted octanol–water partition coefficient (Wildman–Crippen LogP) is 4.24. The number of nitrogens with one attached hydrogen (secondary N) is 1. The zero-order valence-electron chi connectivity index (χ0n) is 12.2. The van der Waals surface area contributed by atoms with Crippen LogP contribution in [0.25, 0.3) is 0 Å². The van der Waals surface area contributed by atoms with Crippen molar-refractivity contribution in [3.8, 4) is 0 Å². The first-order chi connectivity index (χ1) is 10.3. The molecule has 1 nitrogen and oxygen atoms in total. The number of halogens is 1. The van der Waals surface area contributed by atoms with E-state index < -0.39 is 0 Å². The number of benzene rings is 2. The standard InChI is InChI=1S/C18H20FNS/c1-20-16(12-21-17-8-6-15(19)7-9-17)11-14-10-13-4-2-3-5-18(13)14/h2-9,14,16,20H,10-12H2,1H3. The predicted molar refractivity (Wildman–Crippen MR) is 87.5 cm³/mol. The fourth-order valence-electron chi connectivity index (χ4n) is 2.91. The Labute approximate surface area is 130 Å². The maximum absolute atomic E-state index is 12.9. The smallest absolute Gasteiger partial charge is 0.123 e. The summed E-state index contributed by atoms with van der Waals surface area (Å²) in [6.45, 7) is 0. The van der Waals surface area contributed by atoms with Crippen LogP contribution in [0.4, 0.5) is 4.39 Å². The summed E-state index contributed by atoms with van der Waals surface area (Å²) in [6, 6.07) is 16.0. The fourth-order valence-corrected chi connectivity index (χ4v) is 3.94. The molecule has 21 heavy (non-hydrogen) atoms. The average molecular weight is 301 g/mol. The van der Waals surface area contributed by atoms with Gasteiger partial charge in [-0.1, -0.05) is 24.3 Å². The molecule has 0 bridgehead atoms. The van der Waals surface area contributed by atoms with E-state index in [-0.39, 0.29) is 5.82 Å². The SMILES string of the molecule is CNC(CSc1ccc(F)cc1)CC1Cc2ccccc21. The van der Waals surface area contributed by atoms with E-state index >= 15 is 0 Å². The van der Waals surface area contributed by atoms with Crippen LogP contribution in [-0.4, -0.2) is 18.8 Å². The first-order valence-electron chi connectivity index (χ1n) is 7.39. The molecular formula is C18H20FNS. The van der Waals surface area contributed by atoms with E-state index in [0.717, 1.165) is 10.6 Å². The van der Waals surface area contributed by atoms with Gasteiger partial charge in [0.05, 0.1) is 0 Å². The summed E-state index contributed by atoms with van der Waals surface area (Å²) in [5, 5.41) is 3.42. The van der Waals surface area contributed by atoms with Gasteiger partial charge >= 0.3 is 0 Å². The molecule has 0 fully saturated rings. The Balaban J connectivity index is 1.53. The van der Waals surface area contributed by atoms with Gasteiger partial charge in [-0.15, -0.1) is 11.8 Å². The van der Waals surface area contributed by atoms with Crippen molar-refractivity contribution in [1.82, 2.24) is 5.32 Å². The second-order valence-electron chi connectivity index (χ2n) is 5.59. The minimum atomic E-state index is -0.171. The summed E-state index contributed by atoms with van der Waals surface area (Å²) in [7, 11) is 2.03. The lowest BCUT2D eigenvalue weighted by Crippen LogP contribution is -2.32. The molecule has 2 aromatic carbocycles. The quantitative estimate of drug-likeness (QED) is 0.801. The van der Waals surface area contributed by atoms with Gasteiger partial charge in [-0.05, 0) is 61.2 Å². The van der Waals surface area contributed by atoms with Crippen molar-refractivity contribution >= 4 is 11.8 Å². The number of rotatable bonds is 6. The third-order valence-electron chi connectivity index (χ3n) is 4.20. The van der Waals surface area contributed by atoms with E-state index in [0.29, 0.717) is 12.0 Å². The van der Waals surface area contributed by atoms with Crippen LogP contribution in [0.1, 0.15) is 23.5 Å². The minimum absolute atomic E-state index is 0.171. The van der Waals surface area contributed by atoms with Gasteiger partial charge in [0.15, 0.2) is 0 Å². The summed E-state index contributed by atoms with van der Waals surface area (Å²) in [6.07, 6.45) is 2.37. The van der Waals surface area contributed by atoms with Gasteiger partial charge in [0.25, 0.3) is 0 Å². The van der Waals surface area contributed by atoms with Gasteiger partial charge in [-0.3, -0.25) is 0 Å². The number of hydrogen-bond acceptors (Lipinski definition) is 2. The average Bonchev–Trinajstić information content (AvgIpc) is 2.49. The fraction of sp³-hybridized carbons (Fsp3) is 0.333. The van der Waals surface area contributed by atoms with Crippen LogP contribution in [-0.2, 0) is 6.42 Å². The zero-order valence-corrected chi connectivity index (χ0v) is 13.0. The van der Waals surface area contributed by atoms with Crippen LogP contribution in [0.15, 0.2) is 53.4 Å². The third-order valence-corrected chi connectivity index (χ3v) is 5.38. The molecule has 0 heterocycles. The van der Waals surface area contributed by atoms with Crippen LogP contribution < -0.4 is 5.32 Å². The minimum Gasteiger partial charge on any atom is -0.316 e. The van der Waals surface area contributed by atoms with Crippen molar-refractivity contribution in [2.75, 3.05) is 12.8 Å². The van der Waals surface area contributed by atoms with Gasteiger partial charge in [0.2, 0.25) is 0 Å². The molecule has 2 unspecified atom stereocenters.